The van der Waals surface area contributed by atoms with Crippen LogP contribution in [0, 0.1) is 12.8 Å². The maximum atomic E-state index is 13.1. The monoisotopic (exact) mass is 447 g/mol. The summed E-state index contributed by atoms with van der Waals surface area (Å²) in [4.78, 5) is 16.9. The van der Waals surface area contributed by atoms with Crippen molar-refractivity contribution >= 4 is 21.7 Å². The van der Waals surface area contributed by atoms with Gasteiger partial charge in [0.2, 0.25) is 15.9 Å². The molecule has 31 heavy (non-hydrogen) atoms. The highest BCUT2D eigenvalue weighted by molar-refractivity contribution is 7.89. The van der Waals surface area contributed by atoms with E-state index in [4.69, 9.17) is 9.47 Å². The van der Waals surface area contributed by atoms with Gasteiger partial charge in [-0.25, -0.2) is 13.4 Å². The van der Waals surface area contributed by atoms with Gasteiger partial charge in [0.05, 0.1) is 18.1 Å². The number of nitrogens with zero attached hydrogens (tertiary/aromatic N) is 2. The molecule has 1 aliphatic heterocycles. The van der Waals surface area contributed by atoms with Crippen LogP contribution in [0.2, 0.25) is 0 Å². The number of amides is 1. The third kappa shape index (κ3) is 5.54. The van der Waals surface area contributed by atoms with Gasteiger partial charge in [-0.2, -0.15) is 4.31 Å². The van der Waals surface area contributed by atoms with Gasteiger partial charge in [0.1, 0.15) is 5.82 Å². The van der Waals surface area contributed by atoms with E-state index in [1.807, 2.05) is 26.8 Å². The van der Waals surface area contributed by atoms with Crippen LogP contribution in [0.1, 0.15) is 32.3 Å². The zero-order valence-corrected chi connectivity index (χ0v) is 18.9. The van der Waals surface area contributed by atoms with Crippen molar-refractivity contribution in [2.75, 3.05) is 31.6 Å². The van der Waals surface area contributed by atoms with Crippen molar-refractivity contribution in [1.29, 1.82) is 0 Å². The molecule has 9 heteroatoms. The van der Waals surface area contributed by atoms with Crippen LogP contribution in [-0.2, 0) is 14.8 Å². The molecule has 1 saturated heterocycles. The van der Waals surface area contributed by atoms with Gasteiger partial charge in [0.15, 0.2) is 11.5 Å². The Kier molecular flexibility index (Phi) is 7.50. The third-order valence-electron chi connectivity index (χ3n) is 5.14. The van der Waals surface area contributed by atoms with Crippen LogP contribution in [0.5, 0.6) is 11.5 Å². The zero-order chi connectivity index (χ0) is 22.4. The molecule has 0 radical (unpaired) electrons. The predicted molar refractivity (Wildman–Crippen MR) is 118 cm³/mol. The zero-order valence-electron chi connectivity index (χ0n) is 18.1. The highest BCUT2D eigenvalue weighted by Gasteiger charge is 2.32. The Morgan fingerprint density at radius 2 is 1.77 bits per heavy atom. The molecule has 1 amide bonds. The Labute approximate surface area is 183 Å². The minimum atomic E-state index is -3.69. The van der Waals surface area contributed by atoms with E-state index >= 15 is 0 Å². The average Bonchev–Trinajstić information content (AvgIpc) is 2.75. The van der Waals surface area contributed by atoms with Crippen molar-refractivity contribution < 1.29 is 22.7 Å². The normalized spacial score (nSPS) is 15.5. The van der Waals surface area contributed by atoms with Crippen molar-refractivity contribution in [2.24, 2.45) is 5.92 Å². The number of aryl methyl sites for hydroxylation is 1. The van der Waals surface area contributed by atoms with E-state index in [9.17, 15) is 13.2 Å². The van der Waals surface area contributed by atoms with E-state index in [0.29, 0.717) is 43.4 Å². The van der Waals surface area contributed by atoms with Gasteiger partial charge in [-0.15, -0.1) is 0 Å². The molecule has 3 rings (SSSR count). The lowest BCUT2D eigenvalue weighted by Gasteiger charge is -2.30. The molecule has 168 valence electrons. The average molecular weight is 448 g/mol. The second kappa shape index (κ2) is 10.1. The molecule has 0 aliphatic carbocycles. The Bertz CT molecular complexity index is 1020. The topological polar surface area (TPSA) is 97.8 Å². The van der Waals surface area contributed by atoms with Crippen LogP contribution in [0.15, 0.2) is 41.4 Å². The summed E-state index contributed by atoms with van der Waals surface area (Å²) in [5.41, 5.74) is 1.01. The summed E-state index contributed by atoms with van der Waals surface area (Å²) in [5, 5.41) is 2.83. The number of pyridine rings is 1. The number of hydrogen-bond donors (Lipinski definition) is 1. The standard InChI is InChI=1S/C22H29N3O5S/c1-4-29-19-7-6-18(15-20(19)30-5-2)31(27,28)25-12-9-17(10-13-25)22(26)24-21-14-16(3)8-11-23-21/h6-8,11,14-15,17H,4-5,9-10,12-13H2,1-3H3,(H,23,24,26). The molecule has 1 N–H and O–H groups in total. The largest absolute Gasteiger partial charge is 0.490 e. The minimum Gasteiger partial charge on any atom is -0.490 e. The van der Waals surface area contributed by atoms with Gasteiger partial charge in [0.25, 0.3) is 0 Å². The lowest BCUT2D eigenvalue weighted by atomic mass is 9.97. The van der Waals surface area contributed by atoms with Crippen LogP contribution in [0.3, 0.4) is 0 Å². The first kappa shape index (κ1) is 23.0. The lowest BCUT2D eigenvalue weighted by molar-refractivity contribution is -0.120. The summed E-state index contributed by atoms with van der Waals surface area (Å²) in [5.74, 6) is 1.05. The number of carbonyl (C=O) groups is 1. The molecule has 0 saturated carbocycles. The quantitative estimate of drug-likeness (QED) is 0.667. The Balaban J connectivity index is 1.66. The summed E-state index contributed by atoms with van der Waals surface area (Å²) < 4.78 is 38.8. The van der Waals surface area contributed by atoms with E-state index in [1.165, 1.54) is 16.4 Å². The molecular formula is C22H29N3O5S. The molecule has 0 spiro atoms. The number of anilines is 1. The highest BCUT2D eigenvalue weighted by Crippen LogP contribution is 2.32. The fourth-order valence-corrected chi connectivity index (χ4v) is 5.02. The molecule has 1 fully saturated rings. The van der Waals surface area contributed by atoms with Crippen LogP contribution in [0.4, 0.5) is 5.82 Å². The number of piperidine rings is 1. The van der Waals surface area contributed by atoms with E-state index in [2.05, 4.69) is 10.3 Å². The van der Waals surface area contributed by atoms with Crippen molar-refractivity contribution in [2.45, 2.75) is 38.5 Å². The molecule has 1 aliphatic rings. The number of hydrogen-bond acceptors (Lipinski definition) is 6. The molecule has 0 unspecified atom stereocenters. The van der Waals surface area contributed by atoms with Crippen LogP contribution in [-0.4, -0.2) is 49.9 Å². The number of aromatic nitrogens is 1. The van der Waals surface area contributed by atoms with E-state index < -0.39 is 10.0 Å². The van der Waals surface area contributed by atoms with Crippen LogP contribution in [0.25, 0.3) is 0 Å². The highest BCUT2D eigenvalue weighted by atomic mass is 32.2. The molecule has 2 heterocycles. The van der Waals surface area contributed by atoms with Gasteiger partial charge in [0, 0.05) is 31.3 Å². The number of ether oxygens (including phenoxy) is 2. The van der Waals surface area contributed by atoms with Gasteiger partial charge in [-0.05, 0) is 63.4 Å². The Morgan fingerprint density at radius 1 is 1.10 bits per heavy atom. The summed E-state index contributed by atoms with van der Waals surface area (Å²) in [6, 6.07) is 8.32. The SMILES string of the molecule is CCOc1ccc(S(=O)(=O)N2CCC(C(=O)Nc3cc(C)ccn3)CC2)cc1OCC. The molecule has 8 nitrogen and oxygen atoms in total. The summed E-state index contributed by atoms with van der Waals surface area (Å²) >= 11 is 0. The van der Waals surface area contributed by atoms with E-state index in [1.54, 1.807) is 18.3 Å². The Hall–Kier alpha value is -2.65. The van der Waals surface area contributed by atoms with Crippen molar-refractivity contribution in [1.82, 2.24) is 9.29 Å². The van der Waals surface area contributed by atoms with Gasteiger partial charge in [-0.3, -0.25) is 4.79 Å². The van der Waals surface area contributed by atoms with Gasteiger partial charge < -0.3 is 14.8 Å². The number of sulfonamides is 1. The summed E-state index contributed by atoms with van der Waals surface area (Å²) in [6.07, 6.45) is 2.55. The molecular weight excluding hydrogens is 418 g/mol. The van der Waals surface area contributed by atoms with Crippen LogP contribution < -0.4 is 14.8 Å². The first-order valence-electron chi connectivity index (χ1n) is 10.5. The molecule has 1 aromatic heterocycles. The van der Waals surface area contributed by atoms with Gasteiger partial charge in [-0.1, -0.05) is 0 Å². The molecule has 1 aromatic carbocycles. The fourth-order valence-electron chi connectivity index (χ4n) is 3.53. The number of benzene rings is 1. The second-order valence-corrected chi connectivity index (χ2v) is 9.30. The molecule has 0 bridgehead atoms. The van der Waals surface area contributed by atoms with Crippen LogP contribution >= 0.6 is 0 Å². The first-order chi connectivity index (χ1) is 14.8. The fraction of sp³-hybridized carbons (Fsp3) is 0.455. The minimum absolute atomic E-state index is 0.130. The number of rotatable bonds is 8. The van der Waals surface area contributed by atoms with Crippen molar-refractivity contribution in [3.8, 4) is 11.5 Å². The second-order valence-electron chi connectivity index (χ2n) is 7.36. The summed E-state index contributed by atoms with van der Waals surface area (Å²) in [6.45, 7) is 7.03. The number of carbonyl (C=O) groups excluding carboxylic acids is 1. The maximum Gasteiger partial charge on any atom is 0.243 e. The maximum absolute atomic E-state index is 13.1. The van der Waals surface area contributed by atoms with Crippen molar-refractivity contribution in [3.05, 3.63) is 42.1 Å². The van der Waals surface area contributed by atoms with Gasteiger partial charge >= 0.3 is 0 Å². The Morgan fingerprint density at radius 3 is 2.42 bits per heavy atom. The number of nitrogens with one attached hydrogen (secondary N) is 1. The van der Waals surface area contributed by atoms with E-state index in [-0.39, 0.29) is 29.8 Å². The third-order valence-corrected chi connectivity index (χ3v) is 7.04. The van der Waals surface area contributed by atoms with Crippen molar-refractivity contribution in [3.63, 3.8) is 0 Å². The lowest BCUT2D eigenvalue weighted by Crippen LogP contribution is -2.41. The van der Waals surface area contributed by atoms with E-state index in [0.717, 1.165) is 5.56 Å². The first-order valence-corrected chi connectivity index (χ1v) is 11.9. The smallest absolute Gasteiger partial charge is 0.243 e. The molecule has 2 aromatic rings. The summed E-state index contributed by atoms with van der Waals surface area (Å²) in [7, 11) is -3.69. The predicted octanol–water partition coefficient (Wildman–Crippen LogP) is 3.23. The molecule has 0 atom stereocenters.